The van der Waals surface area contributed by atoms with Crippen molar-refractivity contribution in [3.8, 4) is 5.75 Å². The minimum absolute atomic E-state index is 0.106. The van der Waals surface area contributed by atoms with E-state index >= 15 is 0 Å². The number of fused-ring (bicyclic) bond motifs is 1. The van der Waals surface area contributed by atoms with E-state index in [-0.39, 0.29) is 18.4 Å². The molecule has 1 amide bonds. The second-order valence-electron chi connectivity index (χ2n) is 7.45. The number of carbonyl (C=O) groups excluding carboxylic acids is 1. The van der Waals surface area contributed by atoms with Crippen molar-refractivity contribution in [2.45, 2.75) is 25.4 Å². The van der Waals surface area contributed by atoms with Gasteiger partial charge in [-0.3, -0.25) is 9.20 Å². The predicted octanol–water partition coefficient (Wildman–Crippen LogP) is 3.92. The van der Waals surface area contributed by atoms with Crippen LogP contribution in [0.3, 0.4) is 0 Å². The van der Waals surface area contributed by atoms with E-state index in [9.17, 15) is 4.79 Å². The average Bonchev–Trinajstić information content (AvgIpc) is 3.45. The summed E-state index contributed by atoms with van der Waals surface area (Å²) in [6.07, 6.45) is 5.40. The monoisotopic (exact) mass is 402 g/mol. The number of carbonyl (C=O) groups is 1. The van der Waals surface area contributed by atoms with Gasteiger partial charge in [0.15, 0.2) is 11.4 Å². The molecule has 7 heteroatoms. The minimum atomic E-state index is -0.106. The lowest BCUT2D eigenvalue weighted by Crippen LogP contribution is -2.39. The van der Waals surface area contributed by atoms with Crippen molar-refractivity contribution in [2.24, 2.45) is 0 Å². The van der Waals surface area contributed by atoms with Gasteiger partial charge in [-0.15, -0.1) is 10.2 Å². The molecule has 1 aliphatic rings. The average molecular weight is 402 g/mol. The number of amides is 1. The molecule has 1 saturated heterocycles. The molecule has 0 bridgehead atoms. The Morgan fingerprint density at radius 2 is 1.97 bits per heavy atom. The van der Waals surface area contributed by atoms with Crippen LogP contribution in [0, 0.1) is 0 Å². The number of nitrogens with zero attached hydrogens (tertiary/aromatic N) is 4. The molecule has 1 atom stereocenters. The van der Waals surface area contributed by atoms with Crippen LogP contribution in [0.2, 0.25) is 0 Å². The highest BCUT2D eigenvalue weighted by Crippen LogP contribution is 2.28. The van der Waals surface area contributed by atoms with E-state index in [0.29, 0.717) is 18.8 Å². The van der Waals surface area contributed by atoms with E-state index in [1.807, 2.05) is 64.0 Å². The second kappa shape index (κ2) is 8.02. The number of piperidine rings is 1. The van der Waals surface area contributed by atoms with Crippen molar-refractivity contribution in [1.29, 1.82) is 0 Å². The molecule has 1 aromatic carbocycles. The van der Waals surface area contributed by atoms with Gasteiger partial charge in [0.05, 0.1) is 6.26 Å². The SMILES string of the molecule is O=C(c1occc1COc1ccccc1)N1CCCC(c2nnc3ccccn23)C1. The van der Waals surface area contributed by atoms with Crippen LogP contribution in [0.25, 0.3) is 5.65 Å². The highest BCUT2D eigenvalue weighted by molar-refractivity contribution is 5.93. The lowest BCUT2D eigenvalue weighted by atomic mass is 9.97. The molecule has 1 aliphatic heterocycles. The van der Waals surface area contributed by atoms with Gasteiger partial charge in [-0.25, -0.2) is 0 Å². The zero-order valence-electron chi connectivity index (χ0n) is 16.5. The summed E-state index contributed by atoms with van der Waals surface area (Å²) < 4.78 is 13.4. The maximum absolute atomic E-state index is 13.2. The molecule has 1 unspecified atom stereocenters. The fourth-order valence-corrected chi connectivity index (χ4v) is 3.97. The van der Waals surface area contributed by atoms with Crippen LogP contribution in [0.5, 0.6) is 5.75 Å². The van der Waals surface area contributed by atoms with E-state index in [1.165, 1.54) is 0 Å². The number of furan rings is 1. The molecule has 0 N–H and O–H groups in total. The molecule has 3 aromatic heterocycles. The first kappa shape index (κ1) is 18.4. The summed E-state index contributed by atoms with van der Waals surface area (Å²) in [5.41, 5.74) is 1.57. The smallest absolute Gasteiger partial charge is 0.289 e. The maximum atomic E-state index is 13.2. The summed E-state index contributed by atoms with van der Waals surface area (Å²) in [6, 6.07) is 17.2. The van der Waals surface area contributed by atoms with Crippen LogP contribution in [-0.4, -0.2) is 38.5 Å². The lowest BCUT2D eigenvalue weighted by Gasteiger charge is -2.31. The van der Waals surface area contributed by atoms with Crippen molar-refractivity contribution in [1.82, 2.24) is 19.5 Å². The summed E-state index contributed by atoms with van der Waals surface area (Å²) in [4.78, 5) is 15.1. The third-order valence-corrected chi connectivity index (χ3v) is 5.49. The van der Waals surface area contributed by atoms with Crippen LogP contribution >= 0.6 is 0 Å². The number of pyridine rings is 1. The normalized spacial score (nSPS) is 16.7. The predicted molar refractivity (Wildman–Crippen MR) is 110 cm³/mol. The standard InChI is InChI=1S/C23H22N4O3/c28-23(21-18(11-14-29-21)16-30-19-8-2-1-3-9-19)26-12-6-7-17(15-26)22-25-24-20-10-4-5-13-27(20)22/h1-5,8-11,13-14,17H,6-7,12,15-16H2. The number of likely N-dealkylation sites (tertiary alicyclic amines) is 1. The molecule has 5 rings (SSSR count). The number of ether oxygens (including phenoxy) is 1. The van der Waals surface area contributed by atoms with Crippen molar-refractivity contribution in [3.05, 3.63) is 84.2 Å². The van der Waals surface area contributed by atoms with Gasteiger partial charge >= 0.3 is 0 Å². The number of hydrogen-bond donors (Lipinski definition) is 0. The Balaban J connectivity index is 1.31. The van der Waals surface area contributed by atoms with E-state index in [4.69, 9.17) is 9.15 Å². The molecule has 1 fully saturated rings. The first-order valence-corrected chi connectivity index (χ1v) is 10.1. The second-order valence-corrected chi connectivity index (χ2v) is 7.45. The summed E-state index contributed by atoms with van der Waals surface area (Å²) in [5, 5.41) is 8.64. The van der Waals surface area contributed by atoms with Crippen molar-refractivity contribution in [2.75, 3.05) is 13.1 Å². The summed E-state index contributed by atoms with van der Waals surface area (Å²) >= 11 is 0. The third-order valence-electron chi connectivity index (χ3n) is 5.49. The van der Waals surface area contributed by atoms with Gasteiger partial charge in [-0.1, -0.05) is 24.3 Å². The molecular formula is C23H22N4O3. The van der Waals surface area contributed by atoms with Crippen LogP contribution in [0.4, 0.5) is 0 Å². The molecule has 0 spiro atoms. The highest BCUT2D eigenvalue weighted by Gasteiger charge is 2.30. The van der Waals surface area contributed by atoms with E-state index in [0.717, 1.165) is 35.6 Å². The van der Waals surface area contributed by atoms with Crippen LogP contribution in [0.15, 0.2) is 71.5 Å². The number of para-hydroxylation sites is 1. The molecule has 152 valence electrons. The Hall–Kier alpha value is -3.61. The number of rotatable bonds is 5. The van der Waals surface area contributed by atoms with E-state index < -0.39 is 0 Å². The highest BCUT2D eigenvalue weighted by atomic mass is 16.5. The first-order valence-electron chi connectivity index (χ1n) is 10.1. The Morgan fingerprint density at radius 1 is 1.10 bits per heavy atom. The van der Waals surface area contributed by atoms with Gasteiger partial charge in [0, 0.05) is 30.8 Å². The first-order chi connectivity index (χ1) is 14.8. The fourth-order valence-electron chi connectivity index (χ4n) is 3.97. The summed E-state index contributed by atoms with van der Waals surface area (Å²) in [6.45, 7) is 1.58. The van der Waals surface area contributed by atoms with Gasteiger partial charge in [0.1, 0.15) is 18.2 Å². The molecule has 0 saturated carbocycles. The largest absolute Gasteiger partial charge is 0.489 e. The molecule has 7 nitrogen and oxygen atoms in total. The Bertz CT molecular complexity index is 1150. The van der Waals surface area contributed by atoms with Crippen molar-refractivity contribution in [3.63, 3.8) is 0 Å². The summed E-state index contributed by atoms with van der Waals surface area (Å²) in [5.74, 6) is 2.03. The maximum Gasteiger partial charge on any atom is 0.289 e. The van der Waals surface area contributed by atoms with Crippen LogP contribution in [-0.2, 0) is 6.61 Å². The molecule has 4 aromatic rings. The Labute approximate surface area is 173 Å². The molecular weight excluding hydrogens is 380 g/mol. The van der Waals surface area contributed by atoms with Crippen LogP contribution in [0.1, 0.15) is 40.7 Å². The molecule has 30 heavy (non-hydrogen) atoms. The quantitative estimate of drug-likeness (QED) is 0.506. The number of benzene rings is 1. The topological polar surface area (TPSA) is 72.9 Å². The van der Waals surface area contributed by atoms with Crippen molar-refractivity contribution < 1.29 is 13.9 Å². The van der Waals surface area contributed by atoms with E-state index in [2.05, 4.69) is 10.2 Å². The Morgan fingerprint density at radius 3 is 2.87 bits per heavy atom. The Kier molecular flexibility index (Phi) is 4.93. The summed E-state index contributed by atoms with van der Waals surface area (Å²) in [7, 11) is 0. The number of aromatic nitrogens is 3. The fraction of sp³-hybridized carbons (Fsp3) is 0.261. The number of hydrogen-bond acceptors (Lipinski definition) is 5. The minimum Gasteiger partial charge on any atom is -0.489 e. The molecule has 4 heterocycles. The molecule has 0 radical (unpaired) electrons. The van der Waals surface area contributed by atoms with Gasteiger partial charge in [0.25, 0.3) is 5.91 Å². The lowest BCUT2D eigenvalue weighted by molar-refractivity contribution is 0.0668. The van der Waals surface area contributed by atoms with Gasteiger partial charge in [0.2, 0.25) is 0 Å². The zero-order chi connectivity index (χ0) is 20.3. The van der Waals surface area contributed by atoms with Crippen molar-refractivity contribution >= 4 is 11.6 Å². The zero-order valence-corrected chi connectivity index (χ0v) is 16.5. The van der Waals surface area contributed by atoms with Crippen LogP contribution < -0.4 is 4.74 Å². The third kappa shape index (κ3) is 3.54. The van der Waals surface area contributed by atoms with E-state index in [1.54, 1.807) is 12.3 Å². The molecule has 0 aliphatic carbocycles. The van der Waals surface area contributed by atoms with Gasteiger partial charge in [-0.05, 0) is 43.2 Å². The van der Waals surface area contributed by atoms with Gasteiger partial charge in [-0.2, -0.15) is 0 Å². The van der Waals surface area contributed by atoms with Gasteiger partial charge < -0.3 is 14.1 Å².